The van der Waals surface area contributed by atoms with Gasteiger partial charge in [-0.25, -0.2) is 4.39 Å². The SMILES string of the molecule is Cc1cccc(N2CCN(C(=O)CCc3nnc(-c4ccc(F)cc4)o3)CC2)c1. The molecule has 1 saturated heterocycles. The monoisotopic (exact) mass is 394 g/mol. The first-order chi connectivity index (χ1) is 14.1. The number of amides is 1. The summed E-state index contributed by atoms with van der Waals surface area (Å²) in [6.07, 6.45) is 0.723. The van der Waals surface area contributed by atoms with Gasteiger partial charge in [-0.2, -0.15) is 0 Å². The Balaban J connectivity index is 1.28. The fourth-order valence-electron chi connectivity index (χ4n) is 3.47. The van der Waals surface area contributed by atoms with Crippen molar-refractivity contribution in [2.75, 3.05) is 31.1 Å². The molecule has 0 saturated carbocycles. The third kappa shape index (κ3) is 4.62. The second kappa shape index (κ2) is 8.43. The van der Waals surface area contributed by atoms with Crippen molar-refractivity contribution >= 4 is 11.6 Å². The van der Waals surface area contributed by atoms with E-state index in [4.69, 9.17) is 4.42 Å². The first-order valence-electron chi connectivity index (χ1n) is 9.76. The molecule has 0 bridgehead atoms. The van der Waals surface area contributed by atoms with Crippen molar-refractivity contribution in [2.45, 2.75) is 19.8 Å². The normalized spacial score (nSPS) is 14.3. The van der Waals surface area contributed by atoms with Crippen LogP contribution in [0.25, 0.3) is 11.5 Å². The molecule has 4 rings (SSSR count). The quantitative estimate of drug-likeness (QED) is 0.663. The molecular weight excluding hydrogens is 371 g/mol. The number of aryl methyl sites for hydroxylation is 2. The van der Waals surface area contributed by atoms with Gasteiger partial charge in [-0.3, -0.25) is 4.79 Å². The van der Waals surface area contributed by atoms with Crippen molar-refractivity contribution in [1.82, 2.24) is 15.1 Å². The van der Waals surface area contributed by atoms with Crippen LogP contribution in [0.15, 0.2) is 52.9 Å². The summed E-state index contributed by atoms with van der Waals surface area (Å²) in [5.41, 5.74) is 3.10. The van der Waals surface area contributed by atoms with Gasteiger partial charge in [0.1, 0.15) is 5.82 Å². The van der Waals surface area contributed by atoms with Gasteiger partial charge in [0.15, 0.2) is 0 Å². The average molecular weight is 394 g/mol. The third-order valence-electron chi connectivity index (χ3n) is 5.11. The third-order valence-corrected chi connectivity index (χ3v) is 5.11. The topological polar surface area (TPSA) is 62.5 Å². The van der Waals surface area contributed by atoms with Crippen LogP contribution in [-0.2, 0) is 11.2 Å². The molecule has 0 aliphatic carbocycles. The maximum Gasteiger partial charge on any atom is 0.247 e. The van der Waals surface area contributed by atoms with E-state index in [1.165, 1.54) is 23.4 Å². The maximum absolute atomic E-state index is 13.0. The number of carbonyl (C=O) groups is 1. The molecule has 0 spiro atoms. The Hall–Kier alpha value is -3.22. The molecule has 7 heteroatoms. The van der Waals surface area contributed by atoms with E-state index in [0.29, 0.717) is 43.3 Å². The number of anilines is 1. The number of rotatable bonds is 5. The highest BCUT2D eigenvalue weighted by Crippen LogP contribution is 2.20. The van der Waals surface area contributed by atoms with Crippen LogP contribution in [-0.4, -0.2) is 47.2 Å². The second-order valence-corrected chi connectivity index (χ2v) is 7.21. The van der Waals surface area contributed by atoms with Gasteiger partial charge in [0.25, 0.3) is 0 Å². The lowest BCUT2D eigenvalue weighted by atomic mass is 10.2. The van der Waals surface area contributed by atoms with Crippen LogP contribution in [0.3, 0.4) is 0 Å². The van der Waals surface area contributed by atoms with Crippen molar-refractivity contribution in [2.24, 2.45) is 0 Å². The summed E-state index contributed by atoms with van der Waals surface area (Å²) >= 11 is 0. The van der Waals surface area contributed by atoms with Crippen LogP contribution in [0.1, 0.15) is 17.9 Å². The van der Waals surface area contributed by atoms with E-state index >= 15 is 0 Å². The number of hydrogen-bond acceptors (Lipinski definition) is 5. The number of benzene rings is 2. The molecular formula is C22H23FN4O2. The molecule has 2 heterocycles. The minimum atomic E-state index is -0.318. The van der Waals surface area contributed by atoms with Gasteiger partial charge in [-0.15, -0.1) is 10.2 Å². The molecule has 1 fully saturated rings. The zero-order valence-corrected chi connectivity index (χ0v) is 16.3. The van der Waals surface area contributed by atoms with E-state index < -0.39 is 0 Å². The molecule has 6 nitrogen and oxygen atoms in total. The molecule has 0 atom stereocenters. The number of halogens is 1. The van der Waals surface area contributed by atoms with Gasteiger partial charge in [-0.1, -0.05) is 12.1 Å². The molecule has 2 aromatic carbocycles. The minimum absolute atomic E-state index is 0.0930. The van der Waals surface area contributed by atoms with Gasteiger partial charge in [0.05, 0.1) is 0 Å². The lowest BCUT2D eigenvalue weighted by Gasteiger charge is -2.36. The summed E-state index contributed by atoms with van der Waals surface area (Å²) in [6.45, 7) is 5.14. The van der Waals surface area contributed by atoms with Crippen molar-refractivity contribution in [3.05, 3.63) is 65.8 Å². The predicted octanol–water partition coefficient (Wildman–Crippen LogP) is 3.47. The standard InChI is InChI=1S/C22H23FN4O2/c1-16-3-2-4-19(15-16)26-11-13-27(14-12-26)21(28)10-9-20-24-25-22(29-20)17-5-7-18(23)8-6-17/h2-8,15H,9-14H2,1H3. The highest BCUT2D eigenvalue weighted by molar-refractivity contribution is 5.76. The molecule has 0 unspecified atom stereocenters. The summed E-state index contributed by atoms with van der Waals surface area (Å²) in [6, 6.07) is 14.3. The van der Waals surface area contributed by atoms with Crippen molar-refractivity contribution in [3.63, 3.8) is 0 Å². The fourth-order valence-corrected chi connectivity index (χ4v) is 3.47. The van der Waals surface area contributed by atoms with E-state index in [0.717, 1.165) is 13.1 Å². The van der Waals surface area contributed by atoms with Gasteiger partial charge < -0.3 is 14.2 Å². The lowest BCUT2D eigenvalue weighted by Crippen LogP contribution is -2.48. The van der Waals surface area contributed by atoms with Crippen LogP contribution in [0.4, 0.5) is 10.1 Å². The van der Waals surface area contributed by atoms with Crippen LogP contribution in [0, 0.1) is 12.7 Å². The number of carbonyl (C=O) groups excluding carboxylic acids is 1. The molecule has 1 amide bonds. The number of nitrogens with zero attached hydrogens (tertiary/aromatic N) is 4. The lowest BCUT2D eigenvalue weighted by molar-refractivity contribution is -0.131. The first kappa shape index (κ1) is 19.1. The minimum Gasteiger partial charge on any atom is -0.421 e. The maximum atomic E-state index is 13.0. The molecule has 29 heavy (non-hydrogen) atoms. The Morgan fingerprint density at radius 2 is 1.83 bits per heavy atom. The Morgan fingerprint density at radius 1 is 1.07 bits per heavy atom. The number of piperazine rings is 1. The highest BCUT2D eigenvalue weighted by Gasteiger charge is 2.22. The molecule has 3 aromatic rings. The van der Waals surface area contributed by atoms with Crippen LogP contribution in [0.2, 0.25) is 0 Å². The summed E-state index contributed by atoms with van der Waals surface area (Å²) in [5, 5.41) is 7.99. The van der Waals surface area contributed by atoms with Crippen LogP contribution in [0.5, 0.6) is 0 Å². The first-order valence-corrected chi connectivity index (χ1v) is 9.76. The summed E-state index contributed by atoms with van der Waals surface area (Å²) in [4.78, 5) is 16.8. The van der Waals surface area contributed by atoms with E-state index in [-0.39, 0.29) is 11.7 Å². The zero-order chi connectivity index (χ0) is 20.2. The van der Waals surface area contributed by atoms with E-state index in [2.05, 4.69) is 46.3 Å². The Labute approximate surface area is 169 Å². The van der Waals surface area contributed by atoms with Gasteiger partial charge in [0, 0.05) is 50.3 Å². The van der Waals surface area contributed by atoms with E-state index in [1.54, 1.807) is 12.1 Å². The smallest absolute Gasteiger partial charge is 0.247 e. The largest absolute Gasteiger partial charge is 0.421 e. The highest BCUT2D eigenvalue weighted by atomic mass is 19.1. The van der Waals surface area contributed by atoms with Crippen LogP contribution >= 0.6 is 0 Å². The average Bonchev–Trinajstić information content (AvgIpc) is 3.22. The van der Waals surface area contributed by atoms with Crippen molar-refractivity contribution in [1.29, 1.82) is 0 Å². The zero-order valence-electron chi connectivity index (χ0n) is 16.3. The Bertz CT molecular complexity index is 978. The van der Waals surface area contributed by atoms with E-state index in [9.17, 15) is 9.18 Å². The summed E-state index contributed by atoms with van der Waals surface area (Å²) in [5.74, 6) is 0.521. The Morgan fingerprint density at radius 3 is 2.55 bits per heavy atom. The van der Waals surface area contributed by atoms with Crippen molar-refractivity contribution in [3.8, 4) is 11.5 Å². The second-order valence-electron chi connectivity index (χ2n) is 7.21. The molecule has 1 aromatic heterocycles. The summed E-state index contributed by atoms with van der Waals surface area (Å²) < 4.78 is 18.6. The van der Waals surface area contributed by atoms with Gasteiger partial charge in [-0.05, 0) is 48.9 Å². The molecule has 0 N–H and O–H groups in total. The van der Waals surface area contributed by atoms with Gasteiger partial charge in [0.2, 0.25) is 17.7 Å². The molecule has 150 valence electrons. The number of hydrogen-bond donors (Lipinski definition) is 0. The summed E-state index contributed by atoms with van der Waals surface area (Å²) in [7, 11) is 0. The van der Waals surface area contributed by atoms with Crippen molar-refractivity contribution < 1.29 is 13.6 Å². The van der Waals surface area contributed by atoms with E-state index in [1.807, 2.05) is 4.90 Å². The van der Waals surface area contributed by atoms with Gasteiger partial charge >= 0.3 is 0 Å². The fraction of sp³-hybridized carbons (Fsp3) is 0.318. The molecule has 1 aliphatic rings. The molecule has 0 radical (unpaired) electrons. The van der Waals surface area contributed by atoms with Crippen LogP contribution < -0.4 is 4.90 Å². The predicted molar refractivity (Wildman–Crippen MR) is 108 cm³/mol. The number of aromatic nitrogens is 2. The Kier molecular flexibility index (Phi) is 5.55. The molecule has 1 aliphatic heterocycles.